The lowest BCUT2D eigenvalue weighted by atomic mass is 10.0. The first-order valence-electron chi connectivity index (χ1n) is 3.99. The average Bonchev–Trinajstić information content (AvgIpc) is 2.23. The average molecular weight is 215 g/mol. The normalized spacial score (nSPS) is 24.3. The molecule has 0 aliphatic heterocycles. The Hall–Kier alpha value is 0.110. The van der Waals surface area contributed by atoms with Gasteiger partial charge in [-0.2, -0.15) is 0 Å². The van der Waals surface area contributed by atoms with Crippen molar-refractivity contribution in [1.82, 2.24) is 0 Å². The van der Waals surface area contributed by atoms with E-state index in [1.807, 2.05) is 0 Å². The molecule has 0 aliphatic rings. The Labute approximate surface area is 81.6 Å². The van der Waals surface area contributed by atoms with Crippen molar-refractivity contribution in [1.29, 1.82) is 1.12 Å². The Kier molecular flexibility index (Phi) is 4.96. The molecule has 0 saturated carbocycles. The first-order valence-corrected chi connectivity index (χ1v) is 4.06. The second-order valence-electron chi connectivity index (χ2n) is 2.61. The van der Waals surface area contributed by atoms with Gasteiger partial charge < -0.3 is 30.6 Å². The number of hydrogen-bond donors (Lipinski definition) is 7. The van der Waals surface area contributed by atoms with E-state index >= 15 is 0 Å². The summed E-state index contributed by atoms with van der Waals surface area (Å²) in [5.41, 5.74) is -1.59. The van der Waals surface area contributed by atoms with Crippen LogP contribution in [-0.2, 0) is 0 Å². The quantitative estimate of drug-likeness (QED) is 0.184. The van der Waals surface area contributed by atoms with E-state index in [2.05, 4.69) is 0 Å². The van der Waals surface area contributed by atoms with Crippen molar-refractivity contribution in [3.63, 3.8) is 0 Å². The van der Waals surface area contributed by atoms with Crippen LogP contribution in [0.4, 0.5) is 0 Å². The summed E-state index contributed by atoms with van der Waals surface area (Å²) in [4.78, 5) is 0. The van der Waals surface area contributed by atoms with Crippen molar-refractivity contribution in [2.24, 2.45) is 0 Å². The Balaban J connectivity index is 4.22. The molecule has 6 nitrogen and oxygen atoms in total. The van der Waals surface area contributed by atoms with E-state index in [1.165, 1.54) is 0 Å². The van der Waals surface area contributed by atoms with Crippen molar-refractivity contribution in [2.75, 3.05) is 6.61 Å². The molecule has 0 heterocycles. The molecule has 0 rings (SSSR count). The van der Waals surface area contributed by atoms with Gasteiger partial charge in [0.15, 0.2) is 0 Å². The molecule has 0 radical (unpaired) electrons. The van der Waals surface area contributed by atoms with Crippen LogP contribution in [0.25, 0.3) is 0 Å². The first kappa shape index (κ1) is 11.2. The van der Waals surface area contributed by atoms with Crippen LogP contribution in [0.3, 0.4) is 0 Å². The molecule has 1 unspecified atom stereocenters. The van der Waals surface area contributed by atoms with Gasteiger partial charge in [0.05, 0.1) is 6.61 Å². The molecule has 7 heteroatoms. The summed E-state index contributed by atoms with van der Waals surface area (Å²) in [6, 6.07) is 0. The van der Waals surface area contributed by atoms with E-state index in [0.29, 0.717) is 0 Å². The van der Waals surface area contributed by atoms with Crippen molar-refractivity contribution >= 4 is 12.5 Å². The van der Waals surface area contributed by atoms with Gasteiger partial charge in [0.2, 0.25) is 0 Å². The van der Waals surface area contributed by atoms with Crippen molar-refractivity contribution in [3.05, 3.63) is 0 Å². The molecular weight excluding hydrogens is 200 g/mol. The van der Waals surface area contributed by atoms with Crippen LogP contribution in [0, 0.1) is 0 Å². The number of hydrogen-bond acceptors (Lipinski definition) is 7. The van der Waals surface area contributed by atoms with E-state index in [1.54, 1.807) is 0 Å². The molecule has 5 atom stereocenters. The third-order valence-corrected chi connectivity index (χ3v) is 1.85. The zero-order chi connectivity index (χ0) is 11.3. The first-order chi connectivity index (χ1) is 6.45. The number of aliphatic hydroxyl groups excluding tert-OH is 6. The topological polar surface area (TPSA) is 121 Å². The Morgan fingerprint density at radius 3 is 1.92 bits per heavy atom. The van der Waals surface area contributed by atoms with E-state index < -0.39 is 36.5 Å². The van der Waals surface area contributed by atoms with Crippen LogP contribution in [0.5, 0.6) is 0 Å². The van der Waals surface area contributed by atoms with E-state index in [0.717, 1.165) is 0 Å². The summed E-state index contributed by atoms with van der Waals surface area (Å²) in [5.74, 6) is 0. The highest BCUT2D eigenvalue weighted by Crippen LogP contribution is 2.09. The Morgan fingerprint density at radius 2 is 1.54 bits per heavy atom. The molecule has 6 N–H and O–H groups in total. The van der Waals surface area contributed by atoms with Crippen LogP contribution in [0.15, 0.2) is 0 Å². The van der Waals surface area contributed by atoms with Crippen LogP contribution < -0.4 is 0 Å². The maximum Gasteiger partial charge on any atom is 0.125 e. The summed E-state index contributed by atoms with van der Waals surface area (Å²) in [6.07, 6.45) is -6.99. The lowest BCUT2D eigenvalue weighted by Gasteiger charge is -2.26. The summed E-state index contributed by atoms with van der Waals surface area (Å²) in [5, 5.41) is 53.6. The fourth-order valence-corrected chi connectivity index (χ4v) is 0.867. The summed E-state index contributed by atoms with van der Waals surface area (Å²) < 4.78 is 6.63. The minimum atomic E-state index is -1.83. The maximum absolute atomic E-state index is 9.16. The third kappa shape index (κ3) is 3.77. The molecule has 0 bridgehead atoms. The van der Waals surface area contributed by atoms with Gasteiger partial charge in [-0.3, -0.25) is 0 Å². The van der Waals surface area contributed by atoms with Crippen molar-refractivity contribution in [3.8, 4) is 0 Å². The molecule has 0 fully saturated rings. The Bertz CT molecular complexity index is 145. The van der Waals surface area contributed by atoms with Crippen molar-refractivity contribution in [2.45, 2.75) is 29.9 Å². The van der Waals surface area contributed by atoms with Gasteiger partial charge in [0.1, 0.15) is 31.0 Å². The molecule has 80 valence electrons. The SMILES string of the molecule is [2H]SC(O)[C@H](O)[C@@H](O)[C@H](O)[C@H](O)CO. The number of thiol groups is 1. The summed E-state index contributed by atoms with van der Waals surface area (Å²) in [7, 11) is 0. The highest BCUT2D eigenvalue weighted by Gasteiger charge is 2.32. The maximum atomic E-state index is 9.16. The molecule has 0 saturated heterocycles. The summed E-state index contributed by atoms with van der Waals surface area (Å²) in [6.45, 7) is -0.783. The molecule has 0 aliphatic carbocycles. The van der Waals surface area contributed by atoms with Gasteiger partial charge in [0.25, 0.3) is 0 Å². The molecular formula is C6H14O6S. The molecule has 0 amide bonds. The predicted octanol–water partition coefficient (Wildman–Crippen LogP) is -3.33. The largest absolute Gasteiger partial charge is 0.394 e. The highest BCUT2D eigenvalue weighted by molar-refractivity contribution is 7.80. The van der Waals surface area contributed by atoms with Crippen LogP contribution in [0.1, 0.15) is 0 Å². The minimum absolute atomic E-state index is 0.138. The second kappa shape index (κ2) is 5.76. The zero-order valence-electron chi connectivity index (χ0n) is 7.69. The van der Waals surface area contributed by atoms with Crippen LogP contribution >= 0.6 is 12.5 Å². The highest BCUT2D eigenvalue weighted by atomic mass is 32.1. The van der Waals surface area contributed by atoms with Gasteiger partial charge >= 0.3 is 0 Å². The molecule has 0 spiro atoms. The van der Waals surface area contributed by atoms with E-state index in [9.17, 15) is 0 Å². The number of aliphatic hydroxyl groups is 6. The third-order valence-electron chi connectivity index (χ3n) is 1.57. The lowest BCUT2D eigenvalue weighted by Crippen LogP contribution is -2.48. The second-order valence-corrected chi connectivity index (χ2v) is 3.10. The smallest absolute Gasteiger partial charge is 0.125 e. The van der Waals surface area contributed by atoms with E-state index in [-0.39, 0.29) is 12.5 Å². The molecule has 0 aromatic heterocycles. The lowest BCUT2D eigenvalue weighted by molar-refractivity contribution is -0.127. The van der Waals surface area contributed by atoms with Crippen LogP contribution in [-0.4, -0.2) is 68.2 Å². The van der Waals surface area contributed by atoms with E-state index in [4.69, 9.17) is 31.8 Å². The summed E-state index contributed by atoms with van der Waals surface area (Å²) >= 11 is 0.138. The van der Waals surface area contributed by atoms with Gasteiger partial charge in [0, 0.05) is 0 Å². The minimum Gasteiger partial charge on any atom is -0.394 e. The molecule has 0 aromatic rings. The fraction of sp³-hybridized carbons (Fsp3) is 1.00. The van der Waals surface area contributed by atoms with Gasteiger partial charge in [-0.15, -0.1) is 12.5 Å². The standard InChI is InChI=1S/C6H14O6S/c7-1-2(8)3(9)4(10)5(11)6(12)13/h2-13H,1H2/t2-,3-,4+,5-,6?/m1/s1/i/hD. The van der Waals surface area contributed by atoms with Gasteiger partial charge in [-0.05, 0) is 0 Å². The zero-order valence-corrected chi connectivity index (χ0v) is 7.50. The fourth-order valence-electron chi connectivity index (χ4n) is 0.706. The van der Waals surface area contributed by atoms with Crippen molar-refractivity contribution < 1.29 is 30.6 Å². The molecule has 13 heavy (non-hydrogen) atoms. The van der Waals surface area contributed by atoms with Gasteiger partial charge in [-0.25, -0.2) is 0 Å². The monoisotopic (exact) mass is 215 g/mol. The predicted molar refractivity (Wildman–Crippen MR) is 46.1 cm³/mol. The molecule has 0 aromatic carbocycles. The van der Waals surface area contributed by atoms with Gasteiger partial charge in [-0.1, -0.05) is 0 Å². The number of rotatable bonds is 6. The van der Waals surface area contributed by atoms with Crippen LogP contribution in [0.2, 0.25) is 0 Å². The Morgan fingerprint density at radius 1 is 1.00 bits per heavy atom.